The number of hydrogen-bond donors (Lipinski definition) is 2. The van der Waals surface area contributed by atoms with Crippen molar-refractivity contribution in [3.8, 4) is 5.75 Å². The number of nitrogens with zero attached hydrogens (tertiary/aromatic N) is 3. The van der Waals surface area contributed by atoms with Gasteiger partial charge >= 0.3 is 0 Å². The number of nitro groups is 1. The Labute approximate surface area is 181 Å². The molecule has 1 heterocycles. The van der Waals surface area contributed by atoms with Gasteiger partial charge in [0.1, 0.15) is 5.75 Å². The number of aromatic nitrogens is 1. The first kappa shape index (κ1) is 21.8. The third kappa shape index (κ3) is 7.11. The van der Waals surface area contributed by atoms with Crippen LogP contribution in [0.2, 0.25) is 0 Å². The molecule has 0 saturated carbocycles. The van der Waals surface area contributed by atoms with Crippen LogP contribution in [0.1, 0.15) is 16.8 Å². The van der Waals surface area contributed by atoms with Crippen molar-refractivity contribution >= 4 is 11.6 Å². The van der Waals surface area contributed by atoms with E-state index in [9.17, 15) is 10.1 Å². The Hall–Kier alpha value is -3.94. The molecule has 2 aromatic carbocycles. The third-order valence-corrected chi connectivity index (χ3v) is 4.59. The quantitative estimate of drug-likeness (QED) is 0.238. The van der Waals surface area contributed by atoms with Gasteiger partial charge in [0, 0.05) is 43.5 Å². The molecule has 0 unspecified atom stereocenters. The highest BCUT2D eigenvalue weighted by molar-refractivity contribution is 5.79. The summed E-state index contributed by atoms with van der Waals surface area (Å²) >= 11 is 0. The lowest BCUT2D eigenvalue weighted by Crippen LogP contribution is -2.38. The van der Waals surface area contributed by atoms with Gasteiger partial charge in [-0.2, -0.15) is 0 Å². The van der Waals surface area contributed by atoms with Crippen molar-refractivity contribution < 1.29 is 9.66 Å². The largest absolute Gasteiger partial charge is 0.497 e. The molecule has 0 radical (unpaired) electrons. The first-order chi connectivity index (χ1) is 15.1. The van der Waals surface area contributed by atoms with E-state index in [4.69, 9.17) is 4.74 Å². The second-order valence-electron chi connectivity index (χ2n) is 6.79. The van der Waals surface area contributed by atoms with Gasteiger partial charge in [0.05, 0.1) is 18.6 Å². The minimum absolute atomic E-state index is 0.0747. The number of pyridine rings is 1. The molecule has 0 amide bonds. The average molecular weight is 419 g/mol. The molecule has 8 nitrogen and oxygen atoms in total. The van der Waals surface area contributed by atoms with Crippen LogP contribution in [0, 0.1) is 10.1 Å². The summed E-state index contributed by atoms with van der Waals surface area (Å²) in [4.78, 5) is 19.4. The van der Waals surface area contributed by atoms with Crippen LogP contribution in [-0.2, 0) is 19.5 Å². The normalized spacial score (nSPS) is 11.1. The lowest BCUT2D eigenvalue weighted by Gasteiger charge is -2.13. The molecule has 2 N–H and O–H groups in total. The van der Waals surface area contributed by atoms with Gasteiger partial charge in [-0.1, -0.05) is 30.3 Å². The van der Waals surface area contributed by atoms with Crippen LogP contribution in [0.3, 0.4) is 0 Å². The maximum absolute atomic E-state index is 10.8. The van der Waals surface area contributed by atoms with Crippen molar-refractivity contribution in [2.45, 2.75) is 19.5 Å². The highest BCUT2D eigenvalue weighted by atomic mass is 16.6. The SMILES string of the molecule is COc1ccc(CN=C(NCCc2ccccn2)NCc2ccc([N+](=O)[O-])cc2)cc1. The Bertz CT molecular complexity index is 990. The van der Waals surface area contributed by atoms with Gasteiger partial charge < -0.3 is 15.4 Å². The molecule has 0 spiro atoms. The molecule has 8 heteroatoms. The topological polar surface area (TPSA) is 102 Å². The van der Waals surface area contributed by atoms with E-state index in [1.807, 2.05) is 42.5 Å². The summed E-state index contributed by atoms with van der Waals surface area (Å²) in [5, 5.41) is 17.4. The number of guanidine groups is 1. The van der Waals surface area contributed by atoms with E-state index >= 15 is 0 Å². The summed E-state index contributed by atoms with van der Waals surface area (Å²) < 4.78 is 5.19. The molecule has 0 aliphatic heterocycles. The minimum Gasteiger partial charge on any atom is -0.497 e. The number of nitro benzene ring substituents is 1. The molecule has 0 saturated heterocycles. The fourth-order valence-corrected chi connectivity index (χ4v) is 2.85. The van der Waals surface area contributed by atoms with E-state index in [-0.39, 0.29) is 5.69 Å². The molecule has 3 rings (SSSR count). The van der Waals surface area contributed by atoms with Gasteiger partial charge in [-0.15, -0.1) is 0 Å². The summed E-state index contributed by atoms with van der Waals surface area (Å²) in [5.41, 5.74) is 3.06. The maximum atomic E-state index is 10.8. The van der Waals surface area contributed by atoms with E-state index in [1.165, 1.54) is 12.1 Å². The standard InChI is InChI=1S/C23H25N5O3/c1-31-22-11-7-19(8-12-22)17-27-23(25-15-13-20-4-2-3-14-24-20)26-16-18-5-9-21(10-6-18)28(29)30/h2-12,14H,13,15-17H2,1H3,(H2,25,26,27). The highest BCUT2D eigenvalue weighted by Gasteiger charge is 2.05. The first-order valence-corrected chi connectivity index (χ1v) is 9.92. The van der Waals surface area contributed by atoms with E-state index in [0.717, 1.165) is 29.0 Å². The van der Waals surface area contributed by atoms with Crippen LogP contribution in [-0.4, -0.2) is 29.5 Å². The predicted octanol–water partition coefficient (Wildman–Crippen LogP) is 3.48. The molecular weight excluding hydrogens is 394 g/mol. The lowest BCUT2D eigenvalue weighted by molar-refractivity contribution is -0.384. The first-order valence-electron chi connectivity index (χ1n) is 9.92. The second kappa shape index (κ2) is 11.3. The second-order valence-corrected chi connectivity index (χ2v) is 6.79. The zero-order valence-electron chi connectivity index (χ0n) is 17.3. The van der Waals surface area contributed by atoms with Crippen LogP contribution >= 0.6 is 0 Å². The van der Waals surface area contributed by atoms with Crippen molar-refractivity contribution in [1.82, 2.24) is 15.6 Å². The molecule has 1 aromatic heterocycles. The Morgan fingerprint density at radius 2 is 1.77 bits per heavy atom. The van der Waals surface area contributed by atoms with E-state index < -0.39 is 4.92 Å². The number of methoxy groups -OCH3 is 1. The Balaban J connectivity index is 1.62. The zero-order chi connectivity index (χ0) is 21.9. The Morgan fingerprint density at radius 1 is 1.03 bits per heavy atom. The van der Waals surface area contributed by atoms with E-state index in [1.54, 1.807) is 25.4 Å². The van der Waals surface area contributed by atoms with Gasteiger partial charge in [-0.25, -0.2) is 4.99 Å². The highest BCUT2D eigenvalue weighted by Crippen LogP contribution is 2.13. The van der Waals surface area contributed by atoms with Crippen molar-refractivity contribution in [3.05, 3.63) is 99.9 Å². The number of ether oxygens (including phenoxy) is 1. The van der Waals surface area contributed by atoms with E-state index in [0.29, 0.717) is 25.6 Å². The fraction of sp³-hybridized carbons (Fsp3) is 0.217. The van der Waals surface area contributed by atoms with Gasteiger partial charge in [0.2, 0.25) is 0 Å². The van der Waals surface area contributed by atoms with Crippen LogP contribution in [0.25, 0.3) is 0 Å². The van der Waals surface area contributed by atoms with Gasteiger partial charge in [0.15, 0.2) is 5.96 Å². The Kier molecular flexibility index (Phi) is 7.93. The molecule has 31 heavy (non-hydrogen) atoms. The zero-order valence-corrected chi connectivity index (χ0v) is 17.3. The van der Waals surface area contributed by atoms with Crippen LogP contribution in [0.5, 0.6) is 5.75 Å². The van der Waals surface area contributed by atoms with Crippen molar-refractivity contribution in [3.63, 3.8) is 0 Å². The summed E-state index contributed by atoms with van der Waals surface area (Å²) in [7, 11) is 1.64. The molecular formula is C23H25N5O3. The number of nitrogens with one attached hydrogen (secondary N) is 2. The number of rotatable bonds is 9. The molecule has 0 aliphatic carbocycles. The number of non-ortho nitro benzene ring substituents is 1. The monoisotopic (exact) mass is 419 g/mol. The number of aliphatic imine (C=N–C) groups is 1. The van der Waals surface area contributed by atoms with Crippen molar-refractivity contribution in [1.29, 1.82) is 0 Å². The fourth-order valence-electron chi connectivity index (χ4n) is 2.85. The van der Waals surface area contributed by atoms with Crippen molar-refractivity contribution in [2.75, 3.05) is 13.7 Å². The smallest absolute Gasteiger partial charge is 0.269 e. The summed E-state index contributed by atoms with van der Waals surface area (Å²) in [6, 6.07) is 20.1. The minimum atomic E-state index is -0.405. The van der Waals surface area contributed by atoms with Gasteiger partial charge in [0.25, 0.3) is 5.69 Å². The summed E-state index contributed by atoms with van der Waals surface area (Å²) in [5.74, 6) is 1.46. The van der Waals surface area contributed by atoms with Gasteiger partial charge in [-0.05, 0) is 35.4 Å². The molecule has 0 fully saturated rings. The van der Waals surface area contributed by atoms with Crippen LogP contribution in [0.15, 0.2) is 77.9 Å². The molecule has 3 aromatic rings. The summed E-state index contributed by atoms with van der Waals surface area (Å²) in [6.45, 7) is 1.67. The number of hydrogen-bond acceptors (Lipinski definition) is 5. The van der Waals surface area contributed by atoms with E-state index in [2.05, 4.69) is 20.6 Å². The lowest BCUT2D eigenvalue weighted by atomic mass is 10.2. The van der Waals surface area contributed by atoms with Crippen LogP contribution < -0.4 is 15.4 Å². The number of benzene rings is 2. The molecule has 0 atom stereocenters. The predicted molar refractivity (Wildman–Crippen MR) is 120 cm³/mol. The van der Waals surface area contributed by atoms with Crippen LogP contribution in [0.4, 0.5) is 5.69 Å². The Morgan fingerprint density at radius 3 is 2.42 bits per heavy atom. The summed E-state index contributed by atoms with van der Waals surface area (Å²) in [6.07, 6.45) is 2.54. The average Bonchev–Trinajstić information content (AvgIpc) is 2.81. The van der Waals surface area contributed by atoms with Gasteiger partial charge in [-0.3, -0.25) is 15.1 Å². The maximum Gasteiger partial charge on any atom is 0.269 e. The van der Waals surface area contributed by atoms with Crippen molar-refractivity contribution in [2.24, 2.45) is 4.99 Å². The molecule has 0 bridgehead atoms. The molecule has 160 valence electrons. The third-order valence-electron chi connectivity index (χ3n) is 4.59. The molecule has 0 aliphatic rings.